The number of piperidine rings is 1. The van der Waals surface area contributed by atoms with Crippen molar-refractivity contribution >= 4 is 16.7 Å². The van der Waals surface area contributed by atoms with Crippen molar-refractivity contribution in [1.29, 1.82) is 0 Å². The first-order valence-electron chi connectivity index (χ1n) is 7.78. The van der Waals surface area contributed by atoms with Crippen LogP contribution in [0.4, 0.5) is 5.82 Å². The van der Waals surface area contributed by atoms with Gasteiger partial charge in [-0.2, -0.15) is 5.10 Å². The Morgan fingerprint density at radius 2 is 2.05 bits per heavy atom. The second-order valence-electron chi connectivity index (χ2n) is 5.87. The summed E-state index contributed by atoms with van der Waals surface area (Å²) in [5, 5.41) is 5.47. The molecule has 3 heterocycles. The average Bonchev–Trinajstić information content (AvgIpc) is 3.01. The first-order valence-corrected chi connectivity index (χ1v) is 7.78. The van der Waals surface area contributed by atoms with Gasteiger partial charge in [-0.05, 0) is 31.4 Å². The van der Waals surface area contributed by atoms with Gasteiger partial charge in [-0.25, -0.2) is 9.97 Å². The predicted octanol–water partition coefficient (Wildman–Crippen LogP) is 3.09. The minimum Gasteiger partial charge on any atom is -0.349 e. The molecule has 22 heavy (non-hydrogen) atoms. The number of rotatable bonds is 2. The van der Waals surface area contributed by atoms with Crippen LogP contribution in [0.5, 0.6) is 0 Å². The molecule has 4 rings (SSSR count). The van der Waals surface area contributed by atoms with Crippen molar-refractivity contribution in [2.75, 3.05) is 11.4 Å². The van der Waals surface area contributed by atoms with Crippen LogP contribution < -0.4 is 4.90 Å². The van der Waals surface area contributed by atoms with Crippen molar-refractivity contribution < 1.29 is 0 Å². The van der Waals surface area contributed by atoms with Crippen LogP contribution in [0.2, 0.25) is 0 Å². The van der Waals surface area contributed by atoms with E-state index < -0.39 is 0 Å². The summed E-state index contributed by atoms with van der Waals surface area (Å²) in [6.07, 6.45) is 9.36. The number of fused-ring (bicyclic) bond motifs is 1. The highest BCUT2D eigenvalue weighted by Gasteiger charge is 2.27. The fourth-order valence-corrected chi connectivity index (χ4v) is 3.36. The van der Waals surface area contributed by atoms with Gasteiger partial charge in [-0.3, -0.25) is 4.68 Å². The van der Waals surface area contributed by atoms with E-state index in [1.807, 2.05) is 30.1 Å². The number of hydrogen-bond donors (Lipinski definition) is 0. The molecule has 5 nitrogen and oxygen atoms in total. The van der Waals surface area contributed by atoms with Crippen LogP contribution in [0.15, 0.2) is 43.0 Å². The first-order chi connectivity index (χ1) is 10.8. The van der Waals surface area contributed by atoms with E-state index in [1.54, 1.807) is 6.33 Å². The van der Waals surface area contributed by atoms with Crippen LogP contribution in [0.25, 0.3) is 10.9 Å². The molecule has 0 aliphatic carbocycles. The van der Waals surface area contributed by atoms with Crippen LogP contribution in [-0.2, 0) is 7.05 Å². The Morgan fingerprint density at radius 1 is 1.14 bits per heavy atom. The molecule has 1 fully saturated rings. The summed E-state index contributed by atoms with van der Waals surface area (Å²) in [5.41, 5.74) is 2.27. The summed E-state index contributed by atoms with van der Waals surface area (Å²) in [6.45, 7) is 1.03. The van der Waals surface area contributed by atoms with E-state index in [0.29, 0.717) is 6.04 Å². The zero-order chi connectivity index (χ0) is 14.9. The standard InChI is InChI=1S/C17H19N5/c1-21-11-13(10-20-21)16-8-4-5-9-22(16)17-14-6-2-3-7-15(14)18-12-19-17/h2-3,6-7,10-12,16H,4-5,8-9H2,1H3. The lowest BCUT2D eigenvalue weighted by molar-refractivity contribution is 0.470. The third-order valence-electron chi connectivity index (χ3n) is 4.41. The number of para-hydroxylation sites is 1. The molecule has 0 amide bonds. The number of nitrogens with zero attached hydrogens (tertiary/aromatic N) is 5. The van der Waals surface area contributed by atoms with Crippen LogP contribution in [-0.4, -0.2) is 26.3 Å². The van der Waals surface area contributed by atoms with E-state index in [0.717, 1.165) is 29.7 Å². The molecule has 1 atom stereocenters. The number of aromatic nitrogens is 4. The topological polar surface area (TPSA) is 46.8 Å². The van der Waals surface area contributed by atoms with E-state index in [9.17, 15) is 0 Å². The van der Waals surface area contributed by atoms with Crippen molar-refractivity contribution in [2.24, 2.45) is 7.05 Å². The fraction of sp³-hybridized carbons (Fsp3) is 0.353. The third kappa shape index (κ3) is 2.22. The molecule has 3 aromatic rings. The molecule has 2 aromatic heterocycles. The van der Waals surface area contributed by atoms with Crippen LogP contribution >= 0.6 is 0 Å². The first kappa shape index (κ1) is 13.2. The van der Waals surface area contributed by atoms with E-state index in [2.05, 4.69) is 38.3 Å². The normalized spacial score (nSPS) is 18.8. The lowest BCUT2D eigenvalue weighted by Crippen LogP contribution is -2.34. The number of benzene rings is 1. The fourth-order valence-electron chi connectivity index (χ4n) is 3.36. The average molecular weight is 293 g/mol. The monoisotopic (exact) mass is 293 g/mol. The molecule has 0 saturated carbocycles. The van der Waals surface area contributed by atoms with Gasteiger partial charge in [0.25, 0.3) is 0 Å². The molecule has 1 saturated heterocycles. The van der Waals surface area contributed by atoms with Gasteiger partial charge < -0.3 is 4.90 Å². The molecule has 0 radical (unpaired) electrons. The minimum atomic E-state index is 0.348. The second-order valence-corrected chi connectivity index (χ2v) is 5.87. The van der Waals surface area contributed by atoms with Crippen molar-refractivity contribution in [1.82, 2.24) is 19.7 Å². The van der Waals surface area contributed by atoms with Gasteiger partial charge >= 0.3 is 0 Å². The summed E-state index contributed by atoms with van der Waals surface area (Å²) in [4.78, 5) is 11.4. The summed E-state index contributed by atoms with van der Waals surface area (Å²) in [7, 11) is 1.97. The Labute approximate surface area is 129 Å². The molecule has 1 unspecified atom stereocenters. The van der Waals surface area contributed by atoms with Crippen molar-refractivity contribution in [3.63, 3.8) is 0 Å². The van der Waals surface area contributed by atoms with E-state index in [-0.39, 0.29) is 0 Å². The lowest BCUT2D eigenvalue weighted by Gasteiger charge is -2.36. The van der Waals surface area contributed by atoms with E-state index in [1.165, 1.54) is 18.4 Å². The maximum Gasteiger partial charge on any atom is 0.140 e. The Hall–Kier alpha value is -2.43. The summed E-state index contributed by atoms with van der Waals surface area (Å²) < 4.78 is 1.88. The van der Waals surface area contributed by atoms with Crippen molar-refractivity contribution in [2.45, 2.75) is 25.3 Å². The molecular formula is C17H19N5. The van der Waals surface area contributed by atoms with E-state index in [4.69, 9.17) is 0 Å². The lowest BCUT2D eigenvalue weighted by atomic mass is 9.97. The highest BCUT2D eigenvalue weighted by atomic mass is 15.3. The minimum absolute atomic E-state index is 0.348. The Bertz CT molecular complexity index is 789. The van der Waals surface area contributed by atoms with Crippen LogP contribution in [0.3, 0.4) is 0 Å². The molecular weight excluding hydrogens is 274 g/mol. The van der Waals surface area contributed by atoms with Gasteiger partial charge in [-0.15, -0.1) is 0 Å². The zero-order valence-corrected chi connectivity index (χ0v) is 12.7. The van der Waals surface area contributed by atoms with Crippen LogP contribution in [0.1, 0.15) is 30.9 Å². The second kappa shape index (κ2) is 5.40. The van der Waals surface area contributed by atoms with Crippen LogP contribution in [0, 0.1) is 0 Å². The summed E-state index contributed by atoms with van der Waals surface area (Å²) >= 11 is 0. The smallest absolute Gasteiger partial charge is 0.140 e. The molecule has 0 spiro atoms. The quantitative estimate of drug-likeness (QED) is 0.728. The Balaban J connectivity index is 1.80. The number of aryl methyl sites for hydroxylation is 1. The summed E-state index contributed by atoms with van der Waals surface area (Å²) in [6, 6.07) is 8.58. The Morgan fingerprint density at radius 3 is 2.91 bits per heavy atom. The van der Waals surface area contributed by atoms with Gasteiger partial charge in [-0.1, -0.05) is 12.1 Å². The Kier molecular flexibility index (Phi) is 3.25. The molecule has 5 heteroatoms. The van der Waals surface area contributed by atoms with Gasteiger partial charge in [0.2, 0.25) is 0 Å². The highest BCUT2D eigenvalue weighted by Crippen LogP contribution is 2.36. The van der Waals surface area contributed by atoms with Gasteiger partial charge in [0.1, 0.15) is 12.1 Å². The third-order valence-corrected chi connectivity index (χ3v) is 4.41. The molecule has 1 aliphatic rings. The van der Waals surface area contributed by atoms with Gasteiger partial charge in [0, 0.05) is 30.7 Å². The largest absolute Gasteiger partial charge is 0.349 e. The summed E-state index contributed by atoms with van der Waals surface area (Å²) in [5.74, 6) is 1.04. The highest BCUT2D eigenvalue weighted by molar-refractivity contribution is 5.89. The SMILES string of the molecule is Cn1cc(C2CCCCN2c2ncnc3ccccc23)cn1. The van der Waals surface area contributed by atoms with Crippen molar-refractivity contribution in [3.8, 4) is 0 Å². The molecule has 1 aromatic carbocycles. The predicted molar refractivity (Wildman–Crippen MR) is 86.7 cm³/mol. The molecule has 0 N–H and O–H groups in total. The molecule has 112 valence electrons. The molecule has 0 bridgehead atoms. The number of anilines is 1. The van der Waals surface area contributed by atoms with E-state index >= 15 is 0 Å². The van der Waals surface area contributed by atoms with Gasteiger partial charge in [0.15, 0.2) is 0 Å². The van der Waals surface area contributed by atoms with Crippen molar-refractivity contribution in [3.05, 3.63) is 48.5 Å². The maximum atomic E-state index is 4.60. The maximum absolute atomic E-state index is 4.60. The zero-order valence-electron chi connectivity index (χ0n) is 12.7. The number of hydrogen-bond acceptors (Lipinski definition) is 4. The van der Waals surface area contributed by atoms with Gasteiger partial charge in [0.05, 0.1) is 17.8 Å². The molecule has 1 aliphatic heterocycles.